The molecule has 0 bridgehead atoms. The van der Waals surface area contributed by atoms with Crippen LogP contribution in [0.5, 0.6) is 0 Å². The largest absolute Gasteiger partial charge is 0.466 e. The predicted molar refractivity (Wildman–Crippen MR) is 81.5 cm³/mol. The SMILES string of the molecule is CCCCCCC(C)NC(=O)CCCC(=O)OCCC. The number of rotatable bonds is 12. The van der Waals surface area contributed by atoms with Crippen LogP contribution in [0.25, 0.3) is 0 Å². The fourth-order valence-corrected chi connectivity index (χ4v) is 1.98. The van der Waals surface area contributed by atoms with Crippen molar-refractivity contribution in [2.24, 2.45) is 0 Å². The number of ether oxygens (including phenoxy) is 1. The van der Waals surface area contributed by atoms with Gasteiger partial charge in [0.05, 0.1) is 6.61 Å². The molecule has 20 heavy (non-hydrogen) atoms. The lowest BCUT2D eigenvalue weighted by Gasteiger charge is -2.13. The number of esters is 1. The zero-order chi connectivity index (χ0) is 15.2. The second-order valence-corrected chi connectivity index (χ2v) is 5.39. The van der Waals surface area contributed by atoms with Gasteiger partial charge in [-0.25, -0.2) is 0 Å². The van der Waals surface area contributed by atoms with Gasteiger partial charge in [0, 0.05) is 18.9 Å². The van der Waals surface area contributed by atoms with Gasteiger partial charge in [-0.15, -0.1) is 0 Å². The van der Waals surface area contributed by atoms with Gasteiger partial charge in [-0.05, 0) is 26.2 Å². The van der Waals surface area contributed by atoms with Crippen LogP contribution in [0.2, 0.25) is 0 Å². The second kappa shape index (κ2) is 12.9. The fourth-order valence-electron chi connectivity index (χ4n) is 1.98. The van der Waals surface area contributed by atoms with Crippen molar-refractivity contribution in [2.45, 2.75) is 84.6 Å². The van der Waals surface area contributed by atoms with Crippen molar-refractivity contribution in [3.63, 3.8) is 0 Å². The first-order valence-electron chi connectivity index (χ1n) is 8.05. The summed E-state index contributed by atoms with van der Waals surface area (Å²) in [7, 11) is 0. The van der Waals surface area contributed by atoms with E-state index in [1.165, 1.54) is 25.7 Å². The van der Waals surface area contributed by atoms with E-state index in [0.717, 1.165) is 12.8 Å². The standard InChI is InChI=1S/C16H31NO3/c1-4-6-7-8-10-14(3)17-15(18)11-9-12-16(19)20-13-5-2/h14H,4-13H2,1-3H3,(H,17,18). The molecule has 1 N–H and O–H groups in total. The Morgan fingerprint density at radius 2 is 1.75 bits per heavy atom. The predicted octanol–water partition coefficient (Wildman–Crippen LogP) is 3.59. The highest BCUT2D eigenvalue weighted by Crippen LogP contribution is 2.06. The minimum Gasteiger partial charge on any atom is -0.466 e. The summed E-state index contributed by atoms with van der Waals surface area (Å²) in [5.74, 6) is -0.163. The van der Waals surface area contributed by atoms with Gasteiger partial charge in [0.1, 0.15) is 0 Å². The first-order valence-corrected chi connectivity index (χ1v) is 8.05. The molecule has 0 aliphatic heterocycles. The first kappa shape index (κ1) is 18.9. The van der Waals surface area contributed by atoms with Gasteiger partial charge in [0.2, 0.25) is 5.91 Å². The van der Waals surface area contributed by atoms with Gasteiger partial charge in [-0.1, -0.05) is 39.5 Å². The molecule has 1 amide bonds. The van der Waals surface area contributed by atoms with E-state index in [-0.39, 0.29) is 17.9 Å². The van der Waals surface area contributed by atoms with E-state index in [1.807, 2.05) is 13.8 Å². The minimum absolute atomic E-state index is 0.0382. The van der Waals surface area contributed by atoms with E-state index in [1.54, 1.807) is 0 Å². The third kappa shape index (κ3) is 12.0. The number of amides is 1. The van der Waals surface area contributed by atoms with Crippen molar-refractivity contribution < 1.29 is 14.3 Å². The molecule has 0 heterocycles. The topological polar surface area (TPSA) is 55.4 Å². The highest BCUT2D eigenvalue weighted by molar-refractivity contribution is 5.77. The van der Waals surface area contributed by atoms with Crippen LogP contribution in [-0.2, 0) is 14.3 Å². The van der Waals surface area contributed by atoms with Crippen LogP contribution >= 0.6 is 0 Å². The Morgan fingerprint density at radius 1 is 1.00 bits per heavy atom. The average molecular weight is 285 g/mol. The molecular weight excluding hydrogens is 254 g/mol. The smallest absolute Gasteiger partial charge is 0.305 e. The maximum Gasteiger partial charge on any atom is 0.305 e. The Bertz CT molecular complexity index is 266. The summed E-state index contributed by atoms with van der Waals surface area (Å²) in [5.41, 5.74) is 0. The summed E-state index contributed by atoms with van der Waals surface area (Å²) in [4.78, 5) is 22.9. The van der Waals surface area contributed by atoms with E-state index in [0.29, 0.717) is 25.9 Å². The van der Waals surface area contributed by atoms with Crippen molar-refractivity contribution in [1.82, 2.24) is 5.32 Å². The molecule has 0 saturated carbocycles. The van der Waals surface area contributed by atoms with Crippen LogP contribution in [-0.4, -0.2) is 24.5 Å². The number of hydrogen-bond acceptors (Lipinski definition) is 3. The van der Waals surface area contributed by atoms with Gasteiger partial charge in [-0.2, -0.15) is 0 Å². The molecule has 0 aliphatic rings. The van der Waals surface area contributed by atoms with Gasteiger partial charge >= 0.3 is 5.97 Å². The highest BCUT2D eigenvalue weighted by Gasteiger charge is 2.09. The Balaban J connectivity index is 3.54. The summed E-state index contributed by atoms with van der Waals surface area (Å²) in [5, 5.41) is 2.98. The monoisotopic (exact) mass is 285 g/mol. The van der Waals surface area contributed by atoms with Crippen LogP contribution in [0.3, 0.4) is 0 Å². The number of nitrogens with one attached hydrogen (secondary N) is 1. The summed E-state index contributed by atoms with van der Waals surface area (Å²) in [6, 6.07) is 0.228. The molecule has 1 unspecified atom stereocenters. The average Bonchev–Trinajstić information content (AvgIpc) is 2.41. The Morgan fingerprint density at radius 3 is 2.40 bits per heavy atom. The molecule has 4 heteroatoms. The first-order chi connectivity index (χ1) is 9.60. The molecule has 0 spiro atoms. The van der Waals surface area contributed by atoms with Gasteiger partial charge in [0.15, 0.2) is 0 Å². The molecular formula is C16H31NO3. The van der Waals surface area contributed by atoms with Gasteiger partial charge < -0.3 is 10.1 Å². The van der Waals surface area contributed by atoms with Crippen molar-refractivity contribution in [2.75, 3.05) is 6.61 Å². The molecule has 0 radical (unpaired) electrons. The van der Waals surface area contributed by atoms with Crippen molar-refractivity contribution in [3.05, 3.63) is 0 Å². The van der Waals surface area contributed by atoms with E-state index in [9.17, 15) is 9.59 Å². The molecule has 0 rings (SSSR count). The quantitative estimate of drug-likeness (QED) is 0.440. The fraction of sp³-hybridized carbons (Fsp3) is 0.875. The van der Waals surface area contributed by atoms with Gasteiger partial charge in [0.25, 0.3) is 0 Å². The van der Waals surface area contributed by atoms with E-state index in [4.69, 9.17) is 4.74 Å². The Labute approximate surface area is 123 Å². The van der Waals surface area contributed by atoms with E-state index in [2.05, 4.69) is 12.2 Å². The van der Waals surface area contributed by atoms with Crippen LogP contribution in [0.1, 0.15) is 78.6 Å². The molecule has 1 atom stereocenters. The van der Waals surface area contributed by atoms with E-state index < -0.39 is 0 Å². The summed E-state index contributed by atoms with van der Waals surface area (Å²) < 4.78 is 4.96. The van der Waals surface area contributed by atoms with E-state index >= 15 is 0 Å². The minimum atomic E-state index is -0.202. The third-order valence-electron chi connectivity index (χ3n) is 3.15. The molecule has 0 fully saturated rings. The number of unbranched alkanes of at least 4 members (excludes halogenated alkanes) is 3. The molecule has 0 saturated heterocycles. The zero-order valence-electron chi connectivity index (χ0n) is 13.4. The van der Waals surface area contributed by atoms with Gasteiger partial charge in [-0.3, -0.25) is 9.59 Å². The number of carbonyl (C=O) groups is 2. The lowest BCUT2D eigenvalue weighted by atomic mass is 10.1. The summed E-state index contributed by atoms with van der Waals surface area (Å²) in [6.45, 7) is 6.67. The van der Waals surface area contributed by atoms with Crippen molar-refractivity contribution in [3.8, 4) is 0 Å². The van der Waals surface area contributed by atoms with Crippen molar-refractivity contribution in [1.29, 1.82) is 0 Å². The van der Waals surface area contributed by atoms with Crippen LogP contribution < -0.4 is 5.32 Å². The van der Waals surface area contributed by atoms with Crippen LogP contribution in [0.15, 0.2) is 0 Å². The Kier molecular flexibility index (Phi) is 12.3. The number of carbonyl (C=O) groups excluding carboxylic acids is 2. The number of hydrogen-bond donors (Lipinski definition) is 1. The third-order valence-corrected chi connectivity index (χ3v) is 3.15. The molecule has 0 aromatic rings. The molecule has 0 aromatic heterocycles. The molecule has 0 aromatic carbocycles. The maximum atomic E-state index is 11.7. The lowest BCUT2D eigenvalue weighted by Crippen LogP contribution is -2.32. The highest BCUT2D eigenvalue weighted by atomic mass is 16.5. The van der Waals surface area contributed by atoms with Crippen LogP contribution in [0.4, 0.5) is 0 Å². The zero-order valence-corrected chi connectivity index (χ0v) is 13.4. The second-order valence-electron chi connectivity index (χ2n) is 5.39. The van der Waals surface area contributed by atoms with Crippen LogP contribution in [0, 0.1) is 0 Å². The molecule has 0 aliphatic carbocycles. The normalized spacial score (nSPS) is 11.9. The molecule has 4 nitrogen and oxygen atoms in total. The Hall–Kier alpha value is -1.06. The maximum absolute atomic E-state index is 11.7. The molecule has 118 valence electrons. The lowest BCUT2D eigenvalue weighted by molar-refractivity contribution is -0.143. The summed E-state index contributed by atoms with van der Waals surface area (Å²) in [6.07, 6.45) is 8.07. The summed E-state index contributed by atoms with van der Waals surface area (Å²) >= 11 is 0. The van der Waals surface area contributed by atoms with Crippen molar-refractivity contribution >= 4 is 11.9 Å².